The molecule has 1 atom stereocenters. The second kappa shape index (κ2) is 7.83. The number of piperidine rings is 1. The SMILES string of the molecule is CN(C)c1nccnc1O[C@@H]1CCCN(C(=O)/C=C/c2ccco2)C1. The highest BCUT2D eigenvalue weighted by atomic mass is 16.5. The van der Waals surface area contributed by atoms with Crippen molar-refractivity contribution in [3.8, 4) is 5.88 Å². The van der Waals surface area contributed by atoms with Gasteiger partial charge in [0.25, 0.3) is 5.88 Å². The van der Waals surface area contributed by atoms with Crippen molar-refractivity contribution in [3.05, 3.63) is 42.6 Å². The predicted octanol–water partition coefficient (Wildman–Crippen LogP) is 2.22. The molecule has 1 aliphatic rings. The molecule has 0 N–H and O–H groups in total. The molecule has 132 valence electrons. The highest BCUT2D eigenvalue weighted by Gasteiger charge is 2.25. The maximum atomic E-state index is 12.4. The average Bonchev–Trinajstić information content (AvgIpc) is 3.14. The van der Waals surface area contributed by atoms with Crippen LogP contribution in [0.5, 0.6) is 5.88 Å². The molecule has 3 heterocycles. The Balaban J connectivity index is 1.62. The molecular weight excluding hydrogens is 320 g/mol. The lowest BCUT2D eigenvalue weighted by Crippen LogP contribution is -2.44. The Morgan fingerprint density at radius 2 is 2.24 bits per heavy atom. The maximum absolute atomic E-state index is 12.4. The third kappa shape index (κ3) is 4.37. The van der Waals surface area contributed by atoms with Gasteiger partial charge in [0.15, 0.2) is 5.82 Å². The summed E-state index contributed by atoms with van der Waals surface area (Å²) < 4.78 is 11.2. The van der Waals surface area contributed by atoms with Crippen LogP contribution < -0.4 is 9.64 Å². The number of amides is 1. The summed E-state index contributed by atoms with van der Waals surface area (Å²) in [5, 5.41) is 0. The van der Waals surface area contributed by atoms with Crippen LogP contribution in [0.25, 0.3) is 6.08 Å². The van der Waals surface area contributed by atoms with E-state index in [4.69, 9.17) is 9.15 Å². The predicted molar refractivity (Wildman–Crippen MR) is 94.3 cm³/mol. The number of carbonyl (C=O) groups is 1. The first-order valence-corrected chi connectivity index (χ1v) is 8.29. The number of carbonyl (C=O) groups excluding carboxylic acids is 1. The van der Waals surface area contributed by atoms with Gasteiger partial charge in [-0.2, -0.15) is 0 Å². The minimum absolute atomic E-state index is 0.0447. The molecule has 0 spiro atoms. The molecule has 0 bridgehead atoms. The first kappa shape index (κ1) is 17.0. The summed E-state index contributed by atoms with van der Waals surface area (Å²) in [4.78, 5) is 24.6. The molecule has 7 heteroatoms. The Bertz CT molecular complexity index is 728. The topological polar surface area (TPSA) is 71.7 Å². The van der Waals surface area contributed by atoms with Crippen molar-refractivity contribution in [2.45, 2.75) is 18.9 Å². The van der Waals surface area contributed by atoms with Gasteiger partial charge in [-0.3, -0.25) is 4.79 Å². The highest BCUT2D eigenvalue weighted by Crippen LogP contribution is 2.24. The Labute approximate surface area is 146 Å². The Morgan fingerprint density at radius 3 is 3.00 bits per heavy atom. The zero-order chi connectivity index (χ0) is 17.6. The van der Waals surface area contributed by atoms with E-state index >= 15 is 0 Å². The van der Waals surface area contributed by atoms with Gasteiger partial charge in [-0.1, -0.05) is 0 Å². The first-order chi connectivity index (χ1) is 12.1. The third-order valence-electron chi connectivity index (χ3n) is 3.97. The van der Waals surface area contributed by atoms with Crippen molar-refractivity contribution in [2.24, 2.45) is 0 Å². The molecule has 2 aromatic heterocycles. The number of likely N-dealkylation sites (tertiary alicyclic amines) is 1. The van der Waals surface area contributed by atoms with Crippen LogP contribution in [-0.4, -0.2) is 54.1 Å². The van der Waals surface area contributed by atoms with E-state index in [1.807, 2.05) is 25.1 Å². The summed E-state index contributed by atoms with van der Waals surface area (Å²) in [6.07, 6.45) is 9.73. The standard InChI is InChI=1S/C18H22N4O3/c1-21(2)17-18(20-10-9-19-17)25-15-5-3-11-22(13-15)16(23)8-7-14-6-4-12-24-14/h4,6-10,12,15H,3,5,11,13H2,1-2H3/b8-7+/t15-/m1/s1. The Hall–Kier alpha value is -2.83. The number of nitrogens with zero attached hydrogens (tertiary/aromatic N) is 4. The lowest BCUT2D eigenvalue weighted by Gasteiger charge is -2.32. The van der Waals surface area contributed by atoms with Crippen LogP contribution in [0.3, 0.4) is 0 Å². The smallest absolute Gasteiger partial charge is 0.257 e. The van der Waals surface area contributed by atoms with Crippen molar-refractivity contribution in [3.63, 3.8) is 0 Å². The van der Waals surface area contributed by atoms with Gasteiger partial charge in [-0.15, -0.1) is 0 Å². The van der Waals surface area contributed by atoms with E-state index in [1.165, 1.54) is 6.08 Å². The van der Waals surface area contributed by atoms with E-state index in [-0.39, 0.29) is 12.0 Å². The number of furan rings is 1. The van der Waals surface area contributed by atoms with Crippen molar-refractivity contribution < 1.29 is 13.9 Å². The van der Waals surface area contributed by atoms with Gasteiger partial charge in [-0.05, 0) is 31.1 Å². The molecule has 0 aliphatic carbocycles. The summed E-state index contributed by atoms with van der Waals surface area (Å²) in [7, 11) is 3.79. The molecule has 0 saturated carbocycles. The van der Waals surface area contributed by atoms with Gasteiger partial charge in [0.1, 0.15) is 11.9 Å². The zero-order valence-corrected chi connectivity index (χ0v) is 14.5. The molecule has 7 nitrogen and oxygen atoms in total. The number of anilines is 1. The lowest BCUT2D eigenvalue weighted by atomic mass is 10.1. The Morgan fingerprint density at radius 1 is 1.40 bits per heavy atom. The molecule has 2 aromatic rings. The highest BCUT2D eigenvalue weighted by molar-refractivity contribution is 5.91. The van der Waals surface area contributed by atoms with Gasteiger partial charge < -0.3 is 19.0 Å². The molecule has 1 aliphatic heterocycles. The number of rotatable bonds is 5. The largest absolute Gasteiger partial charge is 0.470 e. The summed E-state index contributed by atoms with van der Waals surface area (Å²) in [6.45, 7) is 1.26. The van der Waals surface area contributed by atoms with Gasteiger partial charge >= 0.3 is 0 Å². The van der Waals surface area contributed by atoms with Crippen LogP contribution in [0.15, 0.2) is 41.3 Å². The van der Waals surface area contributed by atoms with Crippen LogP contribution in [-0.2, 0) is 4.79 Å². The van der Waals surface area contributed by atoms with Crippen LogP contribution in [0.4, 0.5) is 5.82 Å². The van der Waals surface area contributed by atoms with Crippen LogP contribution >= 0.6 is 0 Å². The molecular formula is C18H22N4O3. The van der Waals surface area contributed by atoms with E-state index in [9.17, 15) is 4.79 Å². The number of hydrogen-bond donors (Lipinski definition) is 0. The maximum Gasteiger partial charge on any atom is 0.257 e. The summed E-state index contributed by atoms with van der Waals surface area (Å²) in [5.41, 5.74) is 0. The minimum atomic E-state index is -0.0925. The van der Waals surface area contributed by atoms with Crippen LogP contribution in [0, 0.1) is 0 Å². The van der Waals surface area contributed by atoms with Crippen molar-refractivity contribution in [2.75, 3.05) is 32.1 Å². The number of hydrogen-bond acceptors (Lipinski definition) is 6. The van der Waals surface area contributed by atoms with Crippen molar-refractivity contribution >= 4 is 17.8 Å². The van der Waals surface area contributed by atoms with Crippen LogP contribution in [0.1, 0.15) is 18.6 Å². The summed E-state index contributed by atoms with van der Waals surface area (Å²) in [6, 6.07) is 3.60. The molecule has 3 rings (SSSR count). The lowest BCUT2D eigenvalue weighted by molar-refractivity contribution is -0.128. The fourth-order valence-electron chi connectivity index (χ4n) is 2.75. The third-order valence-corrected chi connectivity index (χ3v) is 3.97. The second-order valence-electron chi connectivity index (χ2n) is 6.09. The number of ether oxygens (including phenoxy) is 1. The molecule has 1 amide bonds. The fourth-order valence-corrected chi connectivity index (χ4v) is 2.75. The zero-order valence-electron chi connectivity index (χ0n) is 14.5. The van der Waals surface area contributed by atoms with E-state index in [2.05, 4.69) is 9.97 Å². The fraction of sp³-hybridized carbons (Fsp3) is 0.389. The van der Waals surface area contributed by atoms with Gasteiger partial charge in [0.2, 0.25) is 5.91 Å². The minimum Gasteiger partial charge on any atom is -0.470 e. The van der Waals surface area contributed by atoms with E-state index in [0.717, 1.165) is 19.4 Å². The molecule has 1 fully saturated rings. The van der Waals surface area contributed by atoms with Crippen molar-refractivity contribution in [1.82, 2.24) is 14.9 Å². The molecule has 0 aromatic carbocycles. The van der Waals surface area contributed by atoms with Gasteiger partial charge in [0, 0.05) is 39.1 Å². The van der Waals surface area contributed by atoms with E-state index in [0.29, 0.717) is 24.0 Å². The number of aromatic nitrogens is 2. The van der Waals surface area contributed by atoms with Crippen molar-refractivity contribution in [1.29, 1.82) is 0 Å². The summed E-state index contributed by atoms with van der Waals surface area (Å²) in [5.74, 6) is 1.80. The quantitative estimate of drug-likeness (QED) is 0.776. The van der Waals surface area contributed by atoms with Crippen LogP contribution in [0.2, 0.25) is 0 Å². The first-order valence-electron chi connectivity index (χ1n) is 8.29. The Kier molecular flexibility index (Phi) is 5.33. The summed E-state index contributed by atoms with van der Waals surface area (Å²) >= 11 is 0. The normalized spacial score (nSPS) is 17.7. The molecule has 1 saturated heterocycles. The average molecular weight is 342 g/mol. The monoisotopic (exact) mass is 342 g/mol. The van der Waals surface area contributed by atoms with E-state index < -0.39 is 0 Å². The molecule has 0 unspecified atom stereocenters. The molecule has 0 radical (unpaired) electrons. The second-order valence-corrected chi connectivity index (χ2v) is 6.09. The van der Waals surface area contributed by atoms with E-state index in [1.54, 1.807) is 35.7 Å². The van der Waals surface area contributed by atoms with Gasteiger partial charge in [-0.25, -0.2) is 9.97 Å². The van der Waals surface area contributed by atoms with Gasteiger partial charge in [0.05, 0.1) is 12.8 Å². The molecule has 25 heavy (non-hydrogen) atoms.